The molecule has 2 rings (SSSR count). The molecule has 0 aromatic carbocycles. The SMILES string of the molecule is NC(=O)c1ccc(N)c(N2CCCSCC2)n1. The number of carbonyl (C=O) groups is 1. The van der Waals surface area contributed by atoms with E-state index in [0.717, 1.165) is 31.0 Å². The Balaban J connectivity index is 2.28. The monoisotopic (exact) mass is 252 g/mol. The number of nitrogen functional groups attached to an aromatic ring is 1. The quantitative estimate of drug-likeness (QED) is 0.809. The molecule has 1 fully saturated rings. The molecule has 92 valence electrons. The zero-order valence-electron chi connectivity index (χ0n) is 9.56. The molecule has 1 saturated heterocycles. The van der Waals surface area contributed by atoms with E-state index in [1.54, 1.807) is 12.1 Å². The highest BCUT2D eigenvalue weighted by Gasteiger charge is 2.15. The van der Waals surface area contributed by atoms with Gasteiger partial charge in [-0.1, -0.05) is 0 Å². The van der Waals surface area contributed by atoms with Crippen molar-refractivity contribution < 1.29 is 4.79 Å². The standard InChI is InChI=1S/C11H16N4OS/c12-8-2-3-9(10(13)16)14-11(8)15-4-1-6-17-7-5-15/h2-3H,1,4-7,12H2,(H2,13,16). The van der Waals surface area contributed by atoms with Gasteiger partial charge in [0.1, 0.15) is 5.69 Å². The molecule has 2 heterocycles. The Labute approximate surface area is 105 Å². The van der Waals surface area contributed by atoms with E-state index < -0.39 is 5.91 Å². The molecule has 0 radical (unpaired) electrons. The Kier molecular flexibility index (Phi) is 3.73. The van der Waals surface area contributed by atoms with Gasteiger partial charge in [0.2, 0.25) is 0 Å². The highest BCUT2D eigenvalue weighted by atomic mass is 32.2. The number of pyridine rings is 1. The number of anilines is 2. The highest BCUT2D eigenvalue weighted by Crippen LogP contribution is 2.23. The fourth-order valence-electron chi connectivity index (χ4n) is 1.81. The lowest BCUT2D eigenvalue weighted by Crippen LogP contribution is -2.28. The topological polar surface area (TPSA) is 85.2 Å². The lowest BCUT2D eigenvalue weighted by atomic mass is 10.3. The highest BCUT2D eigenvalue weighted by molar-refractivity contribution is 7.99. The van der Waals surface area contributed by atoms with E-state index in [-0.39, 0.29) is 5.69 Å². The minimum Gasteiger partial charge on any atom is -0.396 e. The van der Waals surface area contributed by atoms with Crippen LogP contribution >= 0.6 is 11.8 Å². The summed E-state index contributed by atoms with van der Waals surface area (Å²) >= 11 is 1.93. The molecule has 17 heavy (non-hydrogen) atoms. The summed E-state index contributed by atoms with van der Waals surface area (Å²) in [5.74, 6) is 2.38. The third-order valence-electron chi connectivity index (χ3n) is 2.68. The van der Waals surface area contributed by atoms with Gasteiger partial charge in [0.05, 0.1) is 5.69 Å². The number of hydrogen-bond acceptors (Lipinski definition) is 5. The first-order chi connectivity index (χ1) is 8.18. The molecule has 4 N–H and O–H groups in total. The van der Waals surface area contributed by atoms with Crippen LogP contribution in [0.2, 0.25) is 0 Å². The Morgan fingerprint density at radius 2 is 2.18 bits per heavy atom. The number of rotatable bonds is 2. The molecule has 1 aromatic rings. The Morgan fingerprint density at radius 1 is 1.35 bits per heavy atom. The third-order valence-corrected chi connectivity index (χ3v) is 3.73. The zero-order chi connectivity index (χ0) is 12.3. The Morgan fingerprint density at radius 3 is 2.94 bits per heavy atom. The average Bonchev–Trinajstić information content (AvgIpc) is 2.58. The minimum absolute atomic E-state index is 0.270. The van der Waals surface area contributed by atoms with Gasteiger partial charge in [-0.25, -0.2) is 4.98 Å². The summed E-state index contributed by atoms with van der Waals surface area (Å²) in [7, 11) is 0. The van der Waals surface area contributed by atoms with Crippen LogP contribution in [0.3, 0.4) is 0 Å². The summed E-state index contributed by atoms with van der Waals surface area (Å²) in [6, 6.07) is 3.26. The van der Waals surface area contributed by atoms with E-state index >= 15 is 0 Å². The van der Waals surface area contributed by atoms with Gasteiger partial charge in [0.25, 0.3) is 5.91 Å². The van der Waals surface area contributed by atoms with Crippen LogP contribution < -0.4 is 16.4 Å². The fraction of sp³-hybridized carbons (Fsp3) is 0.455. The number of thioether (sulfide) groups is 1. The third kappa shape index (κ3) is 2.82. The number of nitrogens with zero attached hydrogens (tertiary/aromatic N) is 2. The van der Waals surface area contributed by atoms with Gasteiger partial charge in [-0.2, -0.15) is 11.8 Å². The number of hydrogen-bond donors (Lipinski definition) is 2. The molecule has 1 amide bonds. The summed E-state index contributed by atoms with van der Waals surface area (Å²) in [6.07, 6.45) is 1.10. The van der Waals surface area contributed by atoms with Gasteiger partial charge >= 0.3 is 0 Å². The maximum atomic E-state index is 11.1. The molecule has 0 unspecified atom stereocenters. The molecule has 6 heteroatoms. The first kappa shape index (κ1) is 12.0. The Hall–Kier alpha value is -1.43. The van der Waals surface area contributed by atoms with Crippen molar-refractivity contribution in [1.29, 1.82) is 0 Å². The maximum absolute atomic E-state index is 11.1. The van der Waals surface area contributed by atoms with E-state index in [1.807, 2.05) is 11.8 Å². The molecule has 1 aromatic heterocycles. The van der Waals surface area contributed by atoms with E-state index in [4.69, 9.17) is 11.5 Å². The van der Waals surface area contributed by atoms with Crippen LogP contribution in [0.25, 0.3) is 0 Å². The van der Waals surface area contributed by atoms with Gasteiger partial charge in [-0.05, 0) is 24.3 Å². The summed E-state index contributed by atoms with van der Waals surface area (Å²) in [6.45, 7) is 1.83. The number of primary amides is 1. The van der Waals surface area contributed by atoms with Crippen molar-refractivity contribution in [2.24, 2.45) is 5.73 Å². The van der Waals surface area contributed by atoms with Crippen molar-refractivity contribution in [3.63, 3.8) is 0 Å². The minimum atomic E-state index is -0.518. The molecular formula is C11H16N4OS. The van der Waals surface area contributed by atoms with Crippen molar-refractivity contribution in [2.75, 3.05) is 35.2 Å². The first-order valence-electron chi connectivity index (χ1n) is 5.57. The number of amides is 1. The first-order valence-corrected chi connectivity index (χ1v) is 6.73. The predicted octanol–water partition coefficient (Wildman–Crippen LogP) is 0.706. The average molecular weight is 252 g/mol. The summed E-state index contributed by atoms with van der Waals surface area (Å²) in [4.78, 5) is 17.5. The van der Waals surface area contributed by atoms with Crippen molar-refractivity contribution in [1.82, 2.24) is 4.98 Å². The van der Waals surface area contributed by atoms with E-state index in [0.29, 0.717) is 11.5 Å². The van der Waals surface area contributed by atoms with Gasteiger partial charge < -0.3 is 16.4 Å². The molecule has 1 aliphatic rings. The van der Waals surface area contributed by atoms with Crippen molar-refractivity contribution >= 4 is 29.2 Å². The van der Waals surface area contributed by atoms with Crippen molar-refractivity contribution in [2.45, 2.75) is 6.42 Å². The Bertz CT molecular complexity index is 416. The van der Waals surface area contributed by atoms with Gasteiger partial charge in [-0.15, -0.1) is 0 Å². The predicted molar refractivity (Wildman–Crippen MR) is 71.3 cm³/mol. The van der Waals surface area contributed by atoms with Crippen LogP contribution in [0.1, 0.15) is 16.9 Å². The second-order valence-corrected chi connectivity index (χ2v) is 5.15. The summed E-state index contributed by atoms with van der Waals surface area (Å²) in [5.41, 5.74) is 12.0. The van der Waals surface area contributed by atoms with E-state index in [1.165, 1.54) is 0 Å². The van der Waals surface area contributed by atoms with Crippen LogP contribution in [0.15, 0.2) is 12.1 Å². The van der Waals surface area contributed by atoms with E-state index in [2.05, 4.69) is 9.88 Å². The molecule has 0 bridgehead atoms. The smallest absolute Gasteiger partial charge is 0.267 e. The summed E-state index contributed by atoms with van der Waals surface area (Å²) < 4.78 is 0. The second-order valence-electron chi connectivity index (χ2n) is 3.93. The van der Waals surface area contributed by atoms with Gasteiger partial charge in [0.15, 0.2) is 5.82 Å². The lowest BCUT2D eigenvalue weighted by molar-refractivity contribution is 0.0995. The maximum Gasteiger partial charge on any atom is 0.267 e. The molecule has 5 nitrogen and oxygen atoms in total. The van der Waals surface area contributed by atoms with Crippen LogP contribution in [0, 0.1) is 0 Å². The lowest BCUT2D eigenvalue weighted by Gasteiger charge is -2.22. The number of nitrogens with two attached hydrogens (primary N) is 2. The molecule has 0 atom stereocenters. The van der Waals surface area contributed by atoms with Crippen molar-refractivity contribution in [3.05, 3.63) is 17.8 Å². The van der Waals surface area contributed by atoms with Crippen LogP contribution in [-0.2, 0) is 0 Å². The molecule has 0 aliphatic carbocycles. The molecule has 1 aliphatic heterocycles. The van der Waals surface area contributed by atoms with Crippen molar-refractivity contribution in [3.8, 4) is 0 Å². The molecule has 0 spiro atoms. The van der Waals surface area contributed by atoms with Crippen LogP contribution in [0.5, 0.6) is 0 Å². The fourth-order valence-corrected chi connectivity index (χ4v) is 2.69. The van der Waals surface area contributed by atoms with Gasteiger partial charge in [0, 0.05) is 18.8 Å². The van der Waals surface area contributed by atoms with Crippen LogP contribution in [0.4, 0.5) is 11.5 Å². The molecule has 0 saturated carbocycles. The summed E-state index contributed by atoms with van der Waals surface area (Å²) in [5, 5.41) is 0. The normalized spacial score (nSPS) is 16.6. The zero-order valence-corrected chi connectivity index (χ0v) is 10.4. The second kappa shape index (κ2) is 5.27. The van der Waals surface area contributed by atoms with Crippen LogP contribution in [-0.4, -0.2) is 35.5 Å². The van der Waals surface area contributed by atoms with E-state index in [9.17, 15) is 4.79 Å². The number of carbonyl (C=O) groups excluding carboxylic acids is 1. The van der Waals surface area contributed by atoms with Gasteiger partial charge in [-0.3, -0.25) is 4.79 Å². The largest absolute Gasteiger partial charge is 0.396 e. The molecular weight excluding hydrogens is 236 g/mol. The number of aromatic nitrogens is 1.